The highest BCUT2D eigenvalue weighted by atomic mass is 32.1. The SMILES string of the molecule is Cc1cc2c(c(-c3c(-c4ccccc4)cc4sc5ccccc5c4c3-c3ccc(-c4ccccc4)c(-c4ccccc4)c3-c3ccnnn3)c1C)Cc1ccccc1-2. The normalized spacial score (nSPS) is 11.9. The van der Waals surface area contributed by atoms with Gasteiger partial charge in [0.15, 0.2) is 0 Å². The summed E-state index contributed by atoms with van der Waals surface area (Å²) in [6.07, 6.45) is 2.64. The fraction of sp³-hybridized carbons (Fsp3) is 0.0556. The zero-order chi connectivity index (χ0) is 38.7. The van der Waals surface area contributed by atoms with Crippen molar-refractivity contribution in [3.8, 4) is 78.0 Å². The lowest BCUT2D eigenvalue weighted by atomic mass is 9.77. The molecule has 1 aliphatic carbocycles. The van der Waals surface area contributed by atoms with Crippen molar-refractivity contribution in [2.75, 3.05) is 0 Å². The fourth-order valence-electron chi connectivity index (χ4n) is 9.34. The van der Waals surface area contributed by atoms with Crippen molar-refractivity contribution < 1.29 is 0 Å². The van der Waals surface area contributed by atoms with Gasteiger partial charge in [-0.1, -0.05) is 152 Å². The van der Waals surface area contributed by atoms with Crippen LogP contribution in [0.1, 0.15) is 22.3 Å². The highest BCUT2D eigenvalue weighted by molar-refractivity contribution is 7.26. The standard InChI is InChI=1S/C54H37N3S/c1-33-30-44-39-23-13-12-22-38(39)31-45(44)49(34(33)2)54-43(36-18-8-4-9-19-36)32-48-52(41-24-14-15-25-47(41)58-48)53(54)42-27-26-40(35-16-6-3-7-17-35)50(37-20-10-5-11-21-37)51(42)46-28-29-55-57-56-46/h3-30,32H,31H2,1-2H3. The summed E-state index contributed by atoms with van der Waals surface area (Å²) in [6, 6.07) is 61.9. The summed E-state index contributed by atoms with van der Waals surface area (Å²) >= 11 is 1.87. The van der Waals surface area contributed by atoms with Crippen molar-refractivity contribution in [2.24, 2.45) is 0 Å². The van der Waals surface area contributed by atoms with Gasteiger partial charge < -0.3 is 0 Å². The monoisotopic (exact) mass is 759 g/mol. The molecule has 10 aromatic rings. The molecule has 0 aliphatic heterocycles. The average molecular weight is 760 g/mol. The predicted molar refractivity (Wildman–Crippen MR) is 243 cm³/mol. The topological polar surface area (TPSA) is 38.7 Å². The Morgan fingerprint density at radius 3 is 1.86 bits per heavy atom. The van der Waals surface area contributed by atoms with Gasteiger partial charge in [0.05, 0.1) is 11.9 Å². The number of benzene rings is 8. The van der Waals surface area contributed by atoms with E-state index in [1.165, 1.54) is 81.4 Å². The third-order valence-corrected chi connectivity index (χ3v) is 13.1. The molecule has 11 rings (SSSR count). The van der Waals surface area contributed by atoms with E-state index in [1.54, 1.807) is 6.20 Å². The largest absolute Gasteiger partial charge is 0.139 e. The predicted octanol–water partition coefficient (Wildman–Crippen LogP) is 14.4. The number of hydrogen-bond acceptors (Lipinski definition) is 4. The first-order chi connectivity index (χ1) is 28.6. The van der Waals surface area contributed by atoms with Gasteiger partial charge in [0, 0.05) is 31.3 Å². The zero-order valence-corrected chi connectivity index (χ0v) is 33.0. The van der Waals surface area contributed by atoms with Crippen LogP contribution in [0.3, 0.4) is 0 Å². The molecule has 0 atom stereocenters. The maximum absolute atomic E-state index is 4.83. The van der Waals surface area contributed by atoms with E-state index < -0.39 is 0 Å². The zero-order valence-electron chi connectivity index (χ0n) is 32.2. The molecule has 8 aromatic carbocycles. The summed E-state index contributed by atoms with van der Waals surface area (Å²) < 4.78 is 2.52. The van der Waals surface area contributed by atoms with Gasteiger partial charge >= 0.3 is 0 Å². The molecule has 0 amide bonds. The van der Waals surface area contributed by atoms with Gasteiger partial charge in [-0.2, -0.15) is 0 Å². The molecule has 1 aliphatic rings. The number of nitrogens with zero attached hydrogens (tertiary/aromatic N) is 3. The fourth-order valence-corrected chi connectivity index (χ4v) is 10.5. The second-order valence-corrected chi connectivity index (χ2v) is 16.3. The summed E-state index contributed by atoms with van der Waals surface area (Å²) in [5.74, 6) is 0. The number of aromatic nitrogens is 3. The molecule has 2 aromatic heterocycles. The lowest BCUT2D eigenvalue weighted by Crippen LogP contribution is -2.02. The molecule has 0 bridgehead atoms. The van der Waals surface area contributed by atoms with Crippen LogP contribution in [0.25, 0.3) is 98.2 Å². The smallest absolute Gasteiger partial charge is 0.0976 e. The minimum absolute atomic E-state index is 0.781. The first kappa shape index (κ1) is 34.3. The van der Waals surface area contributed by atoms with Gasteiger partial charge in [0.1, 0.15) is 0 Å². The van der Waals surface area contributed by atoms with Crippen LogP contribution in [0.4, 0.5) is 0 Å². The molecule has 0 radical (unpaired) electrons. The maximum Gasteiger partial charge on any atom is 0.0976 e. The summed E-state index contributed by atoms with van der Waals surface area (Å²) in [5.41, 5.74) is 21.7. The van der Waals surface area contributed by atoms with Crippen LogP contribution in [0.15, 0.2) is 176 Å². The van der Waals surface area contributed by atoms with Gasteiger partial charge in [-0.05, 0) is 127 Å². The number of rotatable bonds is 6. The minimum atomic E-state index is 0.781. The second kappa shape index (κ2) is 13.9. The van der Waals surface area contributed by atoms with Gasteiger partial charge in [0.2, 0.25) is 0 Å². The quantitative estimate of drug-likeness (QED) is 0.169. The third kappa shape index (κ3) is 5.44. The Morgan fingerprint density at radius 2 is 1.12 bits per heavy atom. The van der Waals surface area contributed by atoms with E-state index >= 15 is 0 Å². The summed E-state index contributed by atoms with van der Waals surface area (Å²) in [7, 11) is 0. The maximum atomic E-state index is 4.83. The number of thiophene rings is 1. The molecule has 3 nitrogen and oxygen atoms in total. The second-order valence-electron chi connectivity index (χ2n) is 15.2. The highest BCUT2D eigenvalue weighted by Crippen LogP contribution is 2.56. The van der Waals surface area contributed by atoms with Gasteiger partial charge in [0.25, 0.3) is 0 Å². The minimum Gasteiger partial charge on any atom is -0.139 e. The Bertz CT molecular complexity index is 3190. The Balaban J connectivity index is 1.39. The molecule has 2 heterocycles. The Kier molecular flexibility index (Phi) is 8.19. The van der Waals surface area contributed by atoms with E-state index in [2.05, 4.69) is 188 Å². The molecular weight excluding hydrogens is 723 g/mol. The van der Waals surface area contributed by atoms with Crippen molar-refractivity contribution in [3.05, 3.63) is 198 Å². The van der Waals surface area contributed by atoms with E-state index in [0.29, 0.717) is 0 Å². The van der Waals surface area contributed by atoms with Crippen LogP contribution in [0.2, 0.25) is 0 Å². The van der Waals surface area contributed by atoms with Crippen LogP contribution < -0.4 is 0 Å². The molecule has 4 heteroatoms. The molecule has 0 saturated carbocycles. The van der Waals surface area contributed by atoms with E-state index in [9.17, 15) is 0 Å². The van der Waals surface area contributed by atoms with E-state index in [0.717, 1.165) is 45.5 Å². The summed E-state index contributed by atoms with van der Waals surface area (Å²) in [4.78, 5) is 0. The number of fused-ring (bicyclic) bond motifs is 6. The van der Waals surface area contributed by atoms with Crippen molar-refractivity contribution >= 4 is 31.5 Å². The molecule has 0 N–H and O–H groups in total. The first-order valence-corrected chi connectivity index (χ1v) is 20.6. The number of hydrogen-bond donors (Lipinski definition) is 0. The molecule has 0 saturated heterocycles. The van der Waals surface area contributed by atoms with E-state index in [4.69, 9.17) is 5.10 Å². The average Bonchev–Trinajstić information content (AvgIpc) is 3.85. The van der Waals surface area contributed by atoms with Crippen LogP contribution in [-0.4, -0.2) is 15.4 Å². The van der Waals surface area contributed by atoms with E-state index in [1.807, 2.05) is 17.4 Å². The Labute approximate surface area is 342 Å². The van der Waals surface area contributed by atoms with Gasteiger partial charge in [-0.3, -0.25) is 0 Å². The molecule has 0 fully saturated rings. The van der Waals surface area contributed by atoms with Crippen LogP contribution in [-0.2, 0) is 6.42 Å². The molecule has 274 valence electrons. The molecular formula is C54H37N3S. The van der Waals surface area contributed by atoms with Crippen molar-refractivity contribution in [1.29, 1.82) is 0 Å². The van der Waals surface area contributed by atoms with Crippen molar-refractivity contribution in [2.45, 2.75) is 20.3 Å². The van der Waals surface area contributed by atoms with Crippen molar-refractivity contribution in [1.82, 2.24) is 15.4 Å². The van der Waals surface area contributed by atoms with Gasteiger partial charge in [-0.15, -0.1) is 21.5 Å². The van der Waals surface area contributed by atoms with Gasteiger partial charge in [-0.25, -0.2) is 0 Å². The Hall–Kier alpha value is -7.01. The van der Waals surface area contributed by atoms with Crippen LogP contribution >= 0.6 is 11.3 Å². The van der Waals surface area contributed by atoms with Crippen molar-refractivity contribution in [3.63, 3.8) is 0 Å². The first-order valence-electron chi connectivity index (χ1n) is 19.8. The number of aryl methyl sites for hydroxylation is 1. The molecule has 0 spiro atoms. The summed E-state index contributed by atoms with van der Waals surface area (Å²) in [6.45, 7) is 4.60. The van der Waals surface area contributed by atoms with E-state index in [-0.39, 0.29) is 0 Å². The third-order valence-electron chi connectivity index (χ3n) is 12.0. The lowest BCUT2D eigenvalue weighted by molar-refractivity contribution is 0.871. The molecule has 0 unspecified atom stereocenters. The highest BCUT2D eigenvalue weighted by Gasteiger charge is 2.31. The van der Waals surface area contributed by atoms with Crippen LogP contribution in [0.5, 0.6) is 0 Å². The lowest BCUT2D eigenvalue weighted by Gasteiger charge is -2.26. The summed E-state index contributed by atoms with van der Waals surface area (Å²) in [5, 5.41) is 15.8. The Morgan fingerprint density at radius 1 is 0.466 bits per heavy atom. The molecule has 58 heavy (non-hydrogen) atoms. The van der Waals surface area contributed by atoms with Crippen LogP contribution in [0, 0.1) is 13.8 Å².